The number of β-lactam (4-membered cyclic amide) rings is 1. The third kappa shape index (κ3) is 5.44. The molecule has 0 unspecified atom stereocenters. The van der Waals surface area contributed by atoms with Crippen molar-refractivity contribution >= 4 is 35.5 Å². The van der Waals surface area contributed by atoms with E-state index in [0.717, 1.165) is 24.1 Å². The Morgan fingerprint density at radius 3 is 2.58 bits per heavy atom. The van der Waals surface area contributed by atoms with Crippen LogP contribution in [0.5, 0.6) is 0 Å². The van der Waals surface area contributed by atoms with Crippen LogP contribution in [0.3, 0.4) is 0 Å². The second-order valence-corrected chi connectivity index (χ2v) is 12.6. The molecule has 0 aliphatic carbocycles. The van der Waals surface area contributed by atoms with Crippen molar-refractivity contribution in [2.24, 2.45) is 17.6 Å². The van der Waals surface area contributed by atoms with E-state index in [1.165, 1.54) is 16.7 Å². The van der Waals surface area contributed by atoms with E-state index in [0.29, 0.717) is 37.5 Å². The second-order valence-electron chi connectivity index (χ2n) is 11.3. The standard InChI is InChI=1S/C25H41N7O5S/c1-14-20-19(15(2)29-18(33)13-27-3)24(35)31(20)21(25(36)37)22(14)38-16-11-17(28-12-16)23(34)30-6-9-32(4,8-5-26)10-7-30/h14-17,19-20,27-28H,5-13,26H2,1-4H3,(H-,29,33,36,37)/p+1/t14-,15-,16+,17+,19-,20-/m1/s1. The highest BCUT2D eigenvalue weighted by Crippen LogP contribution is 2.51. The first kappa shape index (κ1) is 28.8. The molecule has 0 aromatic carbocycles. The molecule has 0 aromatic heterocycles. The number of nitrogens with zero attached hydrogens (tertiary/aromatic N) is 3. The summed E-state index contributed by atoms with van der Waals surface area (Å²) in [6.07, 6.45) is 0.608. The molecule has 4 aliphatic heterocycles. The lowest BCUT2D eigenvalue weighted by Crippen LogP contribution is -2.66. The van der Waals surface area contributed by atoms with Crippen molar-refractivity contribution in [2.75, 3.05) is 66.5 Å². The molecule has 13 heteroatoms. The summed E-state index contributed by atoms with van der Waals surface area (Å²) in [6.45, 7) is 9.22. The molecular weight excluding hydrogens is 510 g/mol. The van der Waals surface area contributed by atoms with Gasteiger partial charge in [-0.3, -0.25) is 14.4 Å². The van der Waals surface area contributed by atoms with Gasteiger partial charge in [0.1, 0.15) is 5.70 Å². The summed E-state index contributed by atoms with van der Waals surface area (Å²) in [5.74, 6) is -2.14. The molecule has 0 radical (unpaired) electrons. The maximum absolute atomic E-state index is 13.2. The average molecular weight is 553 g/mol. The van der Waals surface area contributed by atoms with Gasteiger partial charge in [-0.15, -0.1) is 11.8 Å². The van der Waals surface area contributed by atoms with Crippen LogP contribution in [-0.4, -0.2) is 133 Å². The number of carbonyl (C=O) groups excluding carboxylic acids is 3. The zero-order chi connectivity index (χ0) is 27.8. The predicted molar refractivity (Wildman–Crippen MR) is 144 cm³/mol. The molecule has 3 amide bonds. The number of rotatable bonds is 10. The molecule has 4 rings (SSSR count). The van der Waals surface area contributed by atoms with Gasteiger partial charge in [0.05, 0.1) is 64.3 Å². The van der Waals surface area contributed by atoms with Crippen LogP contribution >= 0.6 is 11.8 Å². The molecule has 6 atom stereocenters. The Bertz CT molecular complexity index is 999. The Balaban J connectivity index is 1.38. The molecule has 0 bridgehead atoms. The lowest BCUT2D eigenvalue weighted by atomic mass is 9.78. The number of carboxylic acids is 1. The van der Waals surface area contributed by atoms with Crippen molar-refractivity contribution in [1.29, 1.82) is 0 Å². The van der Waals surface area contributed by atoms with Gasteiger partial charge in [0.25, 0.3) is 0 Å². The molecule has 6 N–H and O–H groups in total. The number of piperazine rings is 1. The fourth-order valence-corrected chi connectivity index (χ4v) is 7.82. The number of carbonyl (C=O) groups is 4. The predicted octanol–water partition coefficient (Wildman–Crippen LogP) is -1.81. The van der Waals surface area contributed by atoms with Crippen LogP contribution in [-0.2, 0) is 19.2 Å². The average Bonchev–Trinajstić information content (AvgIpc) is 3.41. The van der Waals surface area contributed by atoms with Gasteiger partial charge in [-0.05, 0) is 20.4 Å². The molecule has 38 heavy (non-hydrogen) atoms. The summed E-state index contributed by atoms with van der Waals surface area (Å²) in [4.78, 5) is 54.6. The number of quaternary nitrogens is 1. The summed E-state index contributed by atoms with van der Waals surface area (Å²) >= 11 is 1.48. The van der Waals surface area contributed by atoms with Gasteiger partial charge in [0.2, 0.25) is 17.7 Å². The van der Waals surface area contributed by atoms with Gasteiger partial charge in [-0.2, -0.15) is 0 Å². The number of fused-ring (bicyclic) bond motifs is 1. The Kier molecular flexibility index (Phi) is 8.72. The van der Waals surface area contributed by atoms with Crippen LogP contribution in [0, 0.1) is 11.8 Å². The third-order valence-electron chi connectivity index (χ3n) is 8.54. The monoisotopic (exact) mass is 552 g/mol. The third-order valence-corrected chi connectivity index (χ3v) is 10.0. The van der Waals surface area contributed by atoms with Crippen LogP contribution in [0.4, 0.5) is 0 Å². The summed E-state index contributed by atoms with van der Waals surface area (Å²) in [7, 11) is 3.86. The Morgan fingerprint density at radius 2 is 1.97 bits per heavy atom. The highest BCUT2D eigenvalue weighted by Gasteiger charge is 2.60. The van der Waals surface area contributed by atoms with E-state index in [9.17, 15) is 24.3 Å². The van der Waals surface area contributed by atoms with Gasteiger partial charge in [-0.25, -0.2) is 4.79 Å². The van der Waals surface area contributed by atoms with Crippen molar-refractivity contribution in [3.63, 3.8) is 0 Å². The number of carboxylic acid groups (broad SMARTS) is 1. The van der Waals surface area contributed by atoms with Crippen LogP contribution < -0.4 is 21.7 Å². The van der Waals surface area contributed by atoms with Gasteiger partial charge in [0.15, 0.2) is 0 Å². The minimum absolute atomic E-state index is 0.0267. The fraction of sp³-hybridized carbons (Fsp3) is 0.760. The second kappa shape index (κ2) is 11.5. The van der Waals surface area contributed by atoms with E-state index in [4.69, 9.17) is 5.73 Å². The van der Waals surface area contributed by atoms with Crippen molar-refractivity contribution in [3.8, 4) is 0 Å². The minimum Gasteiger partial charge on any atom is -0.477 e. The van der Waals surface area contributed by atoms with Gasteiger partial charge in [0, 0.05) is 35.2 Å². The molecule has 4 aliphatic rings. The smallest absolute Gasteiger partial charge is 0.353 e. The number of hydrogen-bond acceptors (Lipinski definition) is 8. The summed E-state index contributed by atoms with van der Waals surface area (Å²) < 4.78 is 0.885. The highest BCUT2D eigenvalue weighted by molar-refractivity contribution is 8.03. The summed E-state index contributed by atoms with van der Waals surface area (Å²) in [5.41, 5.74) is 5.80. The van der Waals surface area contributed by atoms with Crippen molar-refractivity contribution in [3.05, 3.63) is 10.6 Å². The topological polar surface area (TPSA) is 157 Å². The molecule has 0 aromatic rings. The van der Waals surface area contributed by atoms with Gasteiger partial charge >= 0.3 is 5.97 Å². The maximum Gasteiger partial charge on any atom is 0.353 e. The molecular formula is C25H42N7O5S+. The Labute approximate surface area is 228 Å². The van der Waals surface area contributed by atoms with Crippen molar-refractivity contribution < 1.29 is 28.8 Å². The van der Waals surface area contributed by atoms with E-state index in [-0.39, 0.29) is 53.2 Å². The zero-order valence-electron chi connectivity index (χ0n) is 22.7. The number of likely N-dealkylation sites (N-methyl/N-ethyl adjacent to an activating group) is 2. The summed E-state index contributed by atoms with van der Waals surface area (Å²) in [5, 5.41) is 19.0. The first-order chi connectivity index (χ1) is 18.0. The Morgan fingerprint density at radius 1 is 1.29 bits per heavy atom. The number of amides is 3. The van der Waals surface area contributed by atoms with Crippen LogP contribution in [0.25, 0.3) is 0 Å². The number of nitrogens with two attached hydrogens (primary N) is 1. The fourth-order valence-electron chi connectivity index (χ4n) is 6.34. The lowest BCUT2D eigenvalue weighted by Gasteiger charge is -2.47. The molecule has 3 fully saturated rings. The van der Waals surface area contributed by atoms with E-state index < -0.39 is 17.9 Å². The van der Waals surface area contributed by atoms with Gasteiger partial charge < -0.3 is 41.1 Å². The molecule has 212 valence electrons. The van der Waals surface area contributed by atoms with E-state index in [1.807, 2.05) is 11.8 Å². The van der Waals surface area contributed by atoms with Crippen LogP contribution in [0.1, 0.15) is 20.3 Å². The van der Waals surface area contributed by atoms with E-state index >= 15 is 0 Å². The SMILES string of the molecule is CNCC(=O)N[C@H](C)[C@H]1C(=O)N2C(C(=O)O)=C(S[C@@H]3CN[C@H](C(=O)N4CC[N+](C)(CCN)CC4)C3)[C@H](C)[C@H]12. The molecule has 4 heterocycles. The van der Waals surface area contributed by atoms with Crippen molar-refractivity contribution in [1.82, 2.24) is 25.8 Å². The molecule has 3 saturated heterocycles. The van der Waals surface area contributed by atoms with Crippen LogP contribution in [0.2, 0.25) is 0 Å². The quantitative estimate of drug-likeness (QED) is 0.156. The highest BCUT2D eigenvalue weighted by atomic mass is 32.2. The normalized spacial score (nSPS) is 31.2. The van der Waals surface area contributed by atoms with Gasteiger partial charge in [-0.1, -0.05) is 6.92 Å². The number of hydrogen-bond donors (Lipinski definition) is 5. The first-order valence-electron chi connectivity index (χ1n) is 13.5. The van der Waals surface area contributed by atoms with Crippen LogP contribution in [0.15, 0.2) is 10.6 Å². The molecule has 12 nitrogen and oxygen atoms in total. The summed E-state index contributed by atoms with van der Waals surface area (Å²) in [6, 6.07) is -1.00. The minimum atomic E-state index is -1.12. The number of thioether (sulfide) groups is 1. The van der Waals surface area contributed by atoms with E-state index in [2.05, 4.69) is 23.0 Å². The largest absolute Gasteiger partial charge is 0.477 e. The lowest BCUT2D eigenvalue weighted by molar-refractivity contribution is -0.911. The molecule has 0 spiro atoms. The maximum atomic E-state index is 13.2. The van der Waals surface area contributed by atoms with E-state index in [1.54, 1.807) is 14.0 Å². The zero-order valence-corrected chi connectivity index (χ0v) is 23.6. The first-order valence-corrected chi connectivity index (χ1v) is 14.4. The number of aliphatic carboxylic acids is 1. The molecule has 0 saturated carbocycles. The Hall–Kier alpha value is -2.19. The number of nitrogens with one attached hydrogen (secondary N) is 3. The van der Waals surface area contributed by atoms with Crippen molar-refractivity contribution in [2.45, 2.75) is 43.6 Å².